The van der Waals surface area contributed by atoms with Crippen LogP contribution in [0.15, 0.2) is 23.7 Å². The van der Waals surface area contributed by atoms with E-state index in [1.807, 2.05) is 28.6 Å². The smallest absolute Gasteiger partial charge is 0.264 e. The van der Waals surface area contributed by atoms with Crippen molar-refractivity contribution in [2.75, 3.05) is 25.0 Å². The lowest BCUT2D eigenvalue weighted by molar-refractivity contribution is -0.117. The molecule has 0 aromatic carbocycles. The zero-order valence-electron chi connectivity index (χ0n) is 14.9. The molecular formula is C19H22N4O2S2. The molecule has 2 aromatic heterocycles. The number of nitrogens with zero attached hydrogens (tertiary/aromatic N) is 2. The largest absolute Gasteiger partial charge is 0.337 e. The fourth-order valence-corrected chi connectivity index (χ4v) is 6.17. The van der Waals surface area contributed by atoms with Gasteiger partial charge in [-0.3, -0.25) is 9.59 Å². The van der Waals surface area contributed by atoms with Gasteiger partial charge in [0.05, 0.1) is 20.9 Å². The predicted octanol–water partition coefficient (Wildman–Crippen LogP) is 2.91. The molecule has 0 radical (unpaired) electrons. The number of hydrogen-bond acceptors (Lipinski definition) is 6. The van der Waals surface area contributed by atoms with Gasteiger partial charge in [0, 0.05) is 36.0 Å². The van der Waals surface area contributed by atoms with E-state index < -0.39 is 0 Å². The third-order valence-electron chi connectivity index (χ3n) is 5.94. The molecule has 5 rings (SSSR count). The summed E-state index contributed by atoms with van der Waals surface area (Å²) in [6.07, 6.45) is 6.07. The van der Waals surface area contributed by atoms with Crippen LogP contribution in [-0.4, -0.2) is 47.4 Å². The van der Waals surface area contributed by atoms with Crippen LogP contribution in [-0.2, 0) is 4.79 Å². The fourth-order valence-electron chi connectivity index (χ4n) is 4.55. The summed E-state index contributed by atoms with van der Waals surface area (Å²) < 4.78 is 0. The van der Waals surface area contributed by atoms with E-state index >= 15 is 0 Å². The second-order valence-corrected chi connectivity index (χ2v) is 9.95. The second-order valence-electron chi connectivity index (χ2n) is 7.94. The highest BCUT2D eigenvalue weighted by Gasteiger charge is 2.54. The van der Waals surface area contributed by atoms with Crippen LogP contribution in [0.2, 0.25) is 0 Å². The minimum atomic E-state index is -0.106. The molecule has 1 saturated carbocycles. The summed E-state index contributed by atoms with van der Waals surface area (Å²) in [4.78, 5) is 32.0. The highest BCUT2D eigenvalue weighted by molar-refractivity contribution is 7.18. The highest BCUT2D eigenvalue weighted by Crippen LogP contribution is 2.56. The Balaban J connectivity index is 1.14. The molecule has 2 amide bonds. The molecule has 1 aliphatic carbocycles. The van der Waals surface area contributed by atoms with E-state index in [-0.39, 0.29) is 17.9 Å². The molecule has 3 aliphatic rings. The maximum Gasteiger partial charge on any atom is 0.264 e. The van der Waals surface area contributed by atoms with Crippen LogP contribution in [0, 0.1) is 5.41 Å². The van der Waals surface area contributed by atoms with Crippen molar-refractivity contribution < 1.29 is 9.59 Å². The summed E-state index contributed by atoms with van der Waals surface area (Å²) in [6, 6.07) is 3.56. The molecule has 1 atom stereocenters. The van der Waals surface area contributed by atoms with Crippen molar-refractivity contribution in [2.24, 2.45) is 5.41 Å². The minimum absolute atomic E-state index is 0.000974. The zero-order valence-corrected chi connectivity index (χ0v) is 16.6. The van der Waals surface area contributed by atoms with E-state index in [1.165, 1.54) is 16.3 Å². The van der Waals surface area contributed by atoms with Crippen molar-refractivity contribution in [3.05, 3.63) is 33.6 Å². The fraction of sp³-hybridized carbons (Fsp3) is 0.526. The van der Waals surface area contributed by atoms with E-state index in [2.05, 4.69) is 15.6 Å². The van der Waals surface area contributed by atoms with Crippen molar-refractivity contribution in [3.63, 3.8) is 0 Å². The van der Waals surface area contributed by atoms with E-state index in [4.69, 9.17) is 0 Å². The van der Waals surface area contributed by atoms with Gasteiger partial charge in [-0.1, -0.05) is 0 Å². The molecule has 142 valence electrons. The molecule has 27 heavy (non-hydrogen) atoms. The summed E-state index contributed by atoms with van der Waals surface area (Å²) in [7, 11) is 0. The van der Waals surface area contributed by atoms with Crippen molar-refractivity contribution in [1.29, 1.82) is 0 Å². The first-order valence-electron chi connectivity index (χ1n) is 9.45. The van der Waals surface area contributed by atoms with E-state index in [0.29, 0.717) is 16.2 Å². The first-order valence-corrected chi connectivity index (χ1v) is 11.1. The van der Waals surface area contributed by atoms with Crippen LogP contribution in [0.4, 0.5) is 5.00 Å². The number of thiazole rings is 1. The number of thiophene rings is 1. The molecule has 2 aromatic rings. The van der Waals surface area contributed by atoms with Gasteiger partial charge in [0.25, 0.3) is 5.91 Å². The maximum atomic E-state index is 12.7. The Morgan fingerprint density at radius 3 is 2.85 bits per heavy atom. The Hall–Kier alpha value is -1.77. The van der Waals surface area contributed by atoms with Crippen molar-refractivity contribution in [2.45, 2.75) is 37.6 Å². The number of amides is 2. The molecule has 4 heterocycles. The number of carbonyl (C=O) groups excluding carboxylic acids is 2. The van der Waals surface area contributed by atoms with E-state index in [1.54, 1.807) is 11.3 Å². The van der Waals surface area contributed by atoms with Crippen LogP contribution in [0.3, 0.4) is 0 Å². The van der Waals surface area contributed by atoms with Gasteiger partial charge < -0.3 is 15.5 Å². The number of rotatable bonds is 4. The van der Waals surface area contributed by atoms with Crippen molar-refractivity contribution in [3.8, 4) is 0 Å². The SMILES string of the molecule is O=C(Nc1ccc(C(=O)N2CC3(CC(c4nccs4)C3)C2)s1)[C@@H]1CCCN1. The Morgan fingerprint density at radius 1 is 1.30 bits per heavy atom. The molecule has 6 nitrogen and oxygen atoms in total. The number of anilines is 1. The lowest BCUT2D eigenvalue weighted by Gasteiger charge is -2.58. The first-order chi connectivity index (χ1) is 13.1. The predicted molar refractivity (Wildman–Crippen MR) is 106 cm³/mol. The lowest BCUT2D eigenvalue weighted by atomic mass is 9.58. The third kappa shape index (κ3) is 3.19. The molecular weight excluding hydrogens is 380 g/mol. The number of likely N-dealkylation sites (tertiary alicyclic amines) is 1. The molecule has 2 N–H and O–H groups in total. The number of nitrogens with one attached hydrogen (secondary N) is 2. The van der Waals surface area contributed by atoms with Crippen LogP contribution in [0.5, 0.6) is 0 Å². The minimum Gasteiger partial charge on any atom is -0.337 e. The molecule has 2 aliphatic heterocycles. The second kappa shape index (κ2) is 6.68. The standard InChI is InChI=1S/C19H22N4O2S2/c24-16(13-2-1-5-20-13)22-15-4-3-14(27-15)18(25)23-10-19(11-23)8-12(9-19)17-21-6-7-26-17/h3-4,6-7,12-13,20H,1-2,5,8-11H2,(H,22,24)/t13-/m0/s1. The molecule has 0 bridgehead atoms. The molecule has 8 heteroatoms. The summed E-state index contributed by atoms with van der Waals surface area (Å²) in [5.41, 5.74) is 0.314. The van der Waals surface area contributed by atoms with Gasteiger partial charge in [-0.05, 0) is 44.4 Å². The normalized spacial score (nSPS) is 23.9. The first kappa shape index (κ1) is 17.3. The van der Waals surface area contributed by atoms with E-state index in [0.717, 1.165) is 50.3 Å². The molecule has 1 spiro atoms. The van der Waals surface area contributed by atoms with Crippen molar-refractivity contribution in [1.82, 2.24) is 15.2 Å². The van der Waals surface area contributed by atoms with Crippen LogP contribution in [0.1, 0.15) is 46.3 Å². The Morgan fingerprint density at radius 2 is 2.15 bits per heavy atom. The van der Waals surface area contributed by atoms with Crippen LogP contribution in [0.25, 0.3) is 0 Å². The summed E-state index contributed by atoms with van der Waals surface area (Å²) in [5.74, 6) is 0.664. The van der Waals surface area contributed by atoms with Gasteiger partial charge in [-0.25, -0.2) is 4.98 Å². The number of aromatic nitrogens is 1. The quantitative estimate of drug-likeness (QED) is 0.825. The molecule has 0 unspecified atom stereocenters. The molecule has 3 fully saturated rings. The maximum absolute atomic E-state index is 12.7. The average Bonchev–Trinajstić information content (AvgIpc) is 3.34. The van der Waals surface area contributed by atoms with Crippen LogP contribution < -0.4 is 10.6 Å². The van der Waals surface area contributed by atoms with E-state index in [9.17, 15) is 9.59 Å². The third-order valence-corrected chi connectivity index (χ3v) is 7.87. The summed E-state index contributed by atoms with van der Waals surface area (Å²) in [6.45, 7) is 2.59. The Kier molecular flexibility index (Phi) is 4.29. The van der Waals surface area contributed by atoms with Gasteiger partial charge in [0.15, 0.2) is 0 Å². The van der Waals surface area contributed by atoms with Gasteiger partial charge in [0.2, 0.25) is 5.91 Å². The average molecular weight is 403 g/mol. The summed E-state index contributed by atoms with van der Waals surface area (Å²) >= 11 is 3.10. The number of hydrogen-bond donors (Lipinski definition) is 2. The van der Waals surface area contributed by atoms with Crippen molar-refractivity contribution >= 4 is 39.5 Å². The Bertz CT molecular complexity index is 843. The number of carbonyl (C=O) groups is 2. The zero-order chi connectivity index (χ0) is 18.4. The summed E-state index contributed by atoms with van der Waals surface area (Å²) in [5, 5.41) is 10.1. The lowest BCUT2D eigenvalue weighted by Crippen LogP contribution is -2.63. The van der Waals surface area contributed by atoms with Gasteiger partial charge in [0.1, 0.15) is 0 Å². The Labute approximate surface area is 166 Å². The highest BCUT2D eigenvalue weighted by atomic mass is 32.1. The van der Waals surface area contributed by atoms with Crippen LogP contribution >= 0.6 is 22.7 Å². The monoisotopic (exact) mass is 402 g/mol. The van der Waals surface area contributed by atoms with Gasteiger partial charge in [-0.15, -0.1) is 22.7 Å². The molecule has 2 saturated heterocycles. The topological polar surface area (TPSA) is 74.3 Å². The van der Waals surface area contributed by atoms with Gasteiger partial charge >= 0.3 is 0 Å². The van der Waals surface area contributed by atoms with Gasteiger partial charge in [-0.2, -0.15) is 0 Å².